The van der Waals surface area contributed by atoms with E-state index < -0.39 is 11.9 Å². The Bertz CT molecular complexity index is 827. The van der Waals surface area contributed by atoms with Gasteiger partial charge < -0.3 is 5.73 Å². The van der Waals surface area contributed by atoms with Gasteiger partial charge in [0, 0.05) is 11.9 Å². The molecule has 3 aromatic heterocycles. The Balaban J connectivity index is 2.31. The lowest BCUT2D eigenvalue weighted by atomic mass is 10.2. The van der Waals surface area contributed by atoms with Crippen LogP contribution in [0.15, 0.2) is 30.6 Å². The Labute approximate surface area is 113 Å². The van der Waals surface area contributed by atoms with Crippen LogP contribution in [0.5, 0.6) is 0 Å². The SMILES string of the molecule is Cc1cc(-c2cccnc2F)nc2c(C(N)=O)cnn12. The van der Waals surface area contributed by atoms with E-state index >= 15 is 0 Å². The minimum Gasteiger partial charge on any atom is -0.365 e. The molecule has 0 saturated heterocycles. The van der Waals surface area contributed by atoms with E-state index in [0.29, 0.717) is 17.0 Å². The molecule has 2 N–H and O–H groups in total. The lowest BCUT2D eigenvalue weighted by molar-refractivity contribution is 0.100. The molecule has 0 atom stereocenters. The molecule has 3 rings (SSSR count). The summed E-state index contributed by atoms with van der Waals surface area (Å²) in [5, 5.41) is 4.04. The first-order valence-electron chi connectivity index (χ1n) is 5.84. The maximum Gasteiger partial charge on any atom is 0.254 e. The van der Waals surface area contributed by atoms with Crippen LogP contribution < -0.4 is 5.73 Å². The zero-order valence-corrected chi connectivity index (χ0v) is 10.5. The molecule has 0 aliphatic carbocycles. The molecule has 0 aromatic carbocycles. The van der Waals surface area contributed by atoms with Gasteiger partial charge in [-0.3, -0.25) is 4.79 Å². The van der Waals surface area contributed by atoms with Gasteiger partial charge in [0.25, 0.3) is 5.91 Å². The van der Waals surface area contributed by atoms with Crippen LogP contribution in [-0.4, -0.2) is 25.5 Å². The highest BCUT2D eigenvalue weighted by atomic mass is 19.1. The van der Waals surface area contributed by atoms with Crippen LogP contribution in [0.25, 0.3) is 16.9 Å². The van der Waals surface area contributed by atoms with Gasteiger partial charge in [-0.05, 0) is 25.1 Å². The molecule has 7 heteroatoms. The molecule has 0 saturated carbocycles. The second-order valence-corrected chi connectivity index (χ2v) is 4.28. The van der Waals surface area contributed by atoms with E-state index in [2.05, 4.69) is 15.1 Å². The summed E-state index contributed by atoms with van der Waals surface area (Å²) in [5.74, 6) is -1.25. The molecular formula is C13H10FN5O. The highest BCUT2D eigenvalue weighted by Gasteiger charge is 2.15. The van der Waals surface area contributed by atoms with E-state index in [9.17, 15) is 9.18 Å². The second kappa shape index (κ2) is 4.37. The number of amides is 1. The molecule has 3 heterocycles. The Morgan fingerprint density at radius 2 is 2.25 bits per heavy atom. The highest BCUT2D eigenvalue weighted by Crippen LogP contribution is 2.22. The number of aromatic nitrogens is 4. The Hall–Kier alpha value is -2.83. The number of carbonyl (C=O) groups excluding carboxylic acids is 1. The third-order valence-corrected chi connectivity index (χ3v) is 2.95. The number of pyridine rings is 1. The molecule has 100 valence electrons. The summed E-state index contributed by atoms with van der Waals surface area (Å²) >= 11 is 0. The number of primary amides is 1. The number of hydrogen-bond acceptors (Lipinski definition) is 4. The van der Waals surface area contributed by atoms with Crippen molar-refractivity contribution in [2.45, 2.75) is 6.92 Å². The van der Waals surface area contributed by atoms with Crippen LogP contribution in [0.2, 0.25) is 0 Å². The number of aryl methyl sites for hydroxylation is 1. The fourth-order valence-corrected chi connectivity index (χ4v) is 2.00. The van der Waals surface area contributed by atoms with Crippen molar-refractivity contribution in [3.05, 3.63) is 47.8 Å². The molecule has 0 bridgehead atoms. The van der Waals surface area contributed by atoms with Gasteiger partial charge in [0.2, 0.25) is 5.95 Å². The van der Waals surface area contributed by atoms with Gasteiger partial charge >= 0.3 is 0 Å². The Morgan fingerprint density at radius 1 is 1.45 bits per heavy atom. The van der Waals surface area contributed by atoms with Gasteiger partial charge in [-0.1, -0.05) is 0 Å². The van der Waals surface area contributed by atoms with Crippen molar-refractivity contribution < 1.29 is 9.18 Å². The third-order valence-electron chi connectivity index (χ3n) is 2.95. The maximum absolute atomic E-state index is 13.7. The number of nitrogens with two attached hydrogens (primary N) is 1. The average Bonchev–Trinajstić information content (AvgIpc) is 2.83. The zero-order chi connectivity index (χ0) is 14.3. The minimum atomic E-state index is -0.629. The number of rotatable bonds is 2. The van der Waals surface area contributed by atoms with Crippen molar-refractivity contribution in [1.82, 2.24) is 19.6 Å². The molecule has 20 heavy (non-hydrogen) atoms. The highest BCUT2D eigenvalue weighted by molar-refractivity contribution is 5.98. The van der Waals surface area contributed by atoms with Gasteiger partial charge in [-0.2, -0.15) is 9.49 Å². The van der Waals surface area contributed by atoms with Gasteiger partial charge in [-0.15, -0.1) is 0 Å². The van der Waals surface area contributed by atoms with Crippen LogP contribution in [0.3, 0.4) is 0 Å². The predicted octanol–water partition coefficient (Wildman–Crippen LogP) is 1.34. The summed E-state index contributed by atoms with van der Waals surface area (Å²) in [4.78, 5) is 19.2. The molecular weight excluding hydrogens is 261 g/mol. The first-order chi connectivity index (χ1) is 9.58. The summed E-state index contributed by atoms with van der Waals surface area (Å²) in [6.07, 6.45) is 2.71. The standard InChI is InChI=1S/C13H10FN5O/c1-7-5-10(8-3-2-4-16-11(8)14)18-13-9(12(15)20)6-17-19(7)13/h2-6H,1H3,(H2,15,20). The zero-order valence-electron chi connectivity index (χ0n) is 10.5. The van der Waals surface area contributed by atoms with Crippen LogP contribution >= 0.6 is 0 Å². The lowest BCUT2D eigenvalue weighted by Gasteiger charge is -2.05. The molecule has 0 unspecified atom stereocenters. The monoisotopic (exact) mass is 271 g/mol. The van der Waals surface area contributed by atoms with Gasteiger partial charge in [0.15, 0.2) is 5.65 Å². The number of nitrogens with zero attached hydrogens (tertiary/aromatic N) is 4. The van der Waals surface area contributed by atoms with Crippen LogP contribution in [0, 0.1) is 12.9 Å². The number of halogens is 1. The summed E-state index contributed by atoms with van der Waals surface area (Å²) in [7, 11) is 0. The first-order valence-corrected chi connectivity index (χ1v) is 5.84. The molecule has 3 aromatic rings. The third kappa shape index (κ3) is 1.80. The fraction of sp³-hybridized carbons (Fsp3) is 0.0769. The number of hydrogen-bond donors (Lipinski definition) is 1. The van der Waals surface area contributed by atoms with Crippen LogP contribution in [0.4, 0.5) is 4.39 Å². The smallest absolute Gasteiger partial charge is 0.254 e. The van der Waals surface area contributed by atoms with E-state index in [4.69, 9.17) is 5.73 Å². The van der Waals surface area contributed by atoms with Crippen LogP contribution in [-0.2, 0) is 0 Å². The summed E-state index contributed by atoms with van der Waals surface area (Å²) < 4.78 is 15.2. The quantitative estimate of drug-likeness (QED) is 0.712. The first kappa shape index (κ1) is 12.2. The summed E-state index contributed by atoms with van der Waals surface area (Å²) in [6.45, 7) is 1.78. The lowest BCUT2D eigenvalue weighted by Crippen LogP contribution is -2.11. The van der Waals surface area contributed by atoms with Crippen molar-refractivity contribution in [2.75, 3.05) is 0 Å². The van der Waals surface area contributed by atoms with Gasteiger partial charge in [-0.25, -0.2) is 14.5 Å². The van der Waals surface area contributed by atoms with Crippen molar-refractivity contribution in [2.24, 2.45) is 5.73 Å². The Kier molecular flexibility index (Phi) is 2.67. The molecule has 0 spiro atoms. The maximum atomic E-state index is 13.7. The average molecular weight is 271 g/mol. The largest absolute Gasteiger partial charge is 0.365 e. The fourth-order valence-electron chi connectivity index (χ4n) is 2.00. The van der Waals surface area contributed by atoms with E-state index in [0.717, 1.165) is 0 Å². The number of fused-ring (bicyclic) bond motifs is 1. The number of carbonyl (C=O) groups is 1. The minimum absolute atomic E-state index is 0.194. The summed E-state index contributed by atoms with van der Waals surface area (Å²) in [5.41, 5.74) is 7.12. The molecule has 1 amide bonds. The molecule has 0 fully saturated rings. The Morgan fingerprint density at radius 3 is 2.95 bits per heavy atom. The van der Waals surface area contributed by atoms with E-state index in [1.807, 2.05) is 0 Å². The van der Waals surface area contributed by atoms with E-state index in [-0.39, 0.29) is 11.1 Å². The van der Waals surface area contributed by atoms with Gasteiger partial charge in [0.05, 0.1) is 17.5 Å². The molecule has 0 aliphatic heterocycles. The van der Waals surface area contributed by atoms with E-state index in [1.165, 1.54) is 16.9 Å². The van der Waals surface area contributed by atoms with E-state index in [1.54, 1.807) is 25.1 Å². The molecule has 0 aliphatic rings. The summed E-state index contributed by atoms with van der Waals surface area (Å²) in [6, 6.07) is 4.86. The van der Waals surface area contributed by atoms with Gasteiger partial charge in [0.1, 0.15) is 5.56 Å². The van der Waals surface area contributed by atoms with Crippen molar-refractivity contribution in [3.63, 3.8) is 0 Å². The van der Waals surface area contributed by atoms with Crippen LogP contribution in [0.1, 0.15) is 16.1 Å². The normalized spacial score (nSPS) is 10.9. The van der Waals surface area contributed by atoms with Crippen molar-refractivity contribution in [3.8, 4) is 11.3 Å². The van der Waals surface area contributed by atoms with Crippen molar-refractivity contribution >= 4 is 11.6 Å². The molecule has 6 nitrogen and oxygen atoms in total. The van der Waals surface area contributed by atoms with Crippen molar-refractivity contribution in [1.29, 1.82) is 0 Å². The topological polar surface area (TPSA) is 86.2 Å². The predicted molar refractivity (Wildman–Crippen MR) is 69.4 cm³/mol. The second-order valence-electron chi connectivity index (χ2n) is 4.28. The molecule has 0 radical (unpaired) electrons.